The lowest BCUT2D eigenvalue weighted by molar-refractivity contribution is 0.318. The third-order valence-corrected chi connectivity index (χ3v) is 4.80. The van der Waals surface area contributed by atoms with Crippen LogP contribution in [0.1, 0.15) is 17.0 Å². The number of aryl methyl sites for hydroxylation is 2. The van der Waals surface area contributed by atoms with Crippen LogP contribution < -0.4 is 5.73 Å². The molecule has 0 aliphatic rings. The molecule has 0 amide bonds. The number of phenols is 1. The highest BCUT2D eigenvalue weighted by molar-refractivity contribution is 6.12. The van der Waals surface area contributed by atoms with E-state index in [0.717, 1.165) is 33.8 Å². The fourth-order valence-electron chi connectivity index (χ4n) is 3.61. The maximum Gasteiger partial charge on any atom is 0.174 e. The largest absolute Gasteiger partial charge is 0.508 e. The number of fused-ring (bicyclic) bond motifs is 1. The van der Waals surface area contributed by atoms with Crippen molar-refractivity contribution in [1.29, 1.82) is 0 Å². The van der Waals surface area contributed by atoms with Gasteiger partial charge in [-0.2, -0.15) is 0 Å². The summed E-state index contributed by atoms with van der Waals surface area (Å²) in [6, 6.07) is 18.9. The number of phenolic OH excluding ortho intramolecular Hbond substituents is 1. The minimum absolute atomic E-state index is 0.0474. The second-order valence-electron chi connectivity index (χ2n) is 6.50. The van der Waals surface area contributed by atoms with Crippen LogP contribution in [-0.4, -0.2) is 25.3 Å². The van der Waals surface area contributed by atoms with Gasteiger partial charge in [-0.25, -0.2) is 0 Å². The van der Waals surface area contributed by atoms with Crippen molar-refractivity contribution >= 4 is 16.7 Å². The molecule has 4 aromatic rings. The van der Waals surface area contributed by atoms with Gasteiger partial charge in [-0.3, -0.25) is 4.57 Å². The van der Waals surface area contributed by atoms with Gasteiger partial charge in [0.1, 0.15) is 11.6 Å². The monoisotopic (exact) mass is 360 g/mol. The lowest BCUT2D eigenvalue weighted by atomic mass is 10.1. The van der Waals surface area contributed by atoms with Gasteiger partial charge in [0.15, 0.2) is 5.84 Å². The number of nitrogens with two attached hydrogens (primary N) is 1. The molecule has 0 unspecified atom stereocenters. The molecule has 6 nitrogen and oxygen atoms in total. The number of hydrogen-bond donors (Lipinski definition) is 3. The maximum atomic E-state index is 9.70. The summed E-state index contributed by atoms with van der Waals surface area (Å²) < 4.78 is 4.14. The van der Waals surface area contributed by atoms with E-state index < -0.39 is 0 Å². The Morgan fingerprint density at radius 1 is 0.889 bits per heavy atom. The standard InChI is InChI=1S/C21H20N4O2/c1-13-7-8-14(2)24(13)21-19(20(22)23-27)17-5-3-4-6-18(17)25(21)15-9-11-16(26)12-10-15/h3-12,26-27H,1-2H3,(H2,22,23). The van der Waals surface area contributed by atoms with E-state index in [2.05, 4.69) is 14.3 Å². The Morgan fingerprint density at radius 2 is 1.52 bits per heavy atom. The first-order valence-corrected chi connectivity index (χ1v) is 8.59. The van der Waals surface area contributed by atoms with E-state index in [0.29, 0.717) is 5.56 Å². The van der Waals surface area contributed by atoms with E-state index in [9.17, 15) is 10.3 Å². The van der Waals surface area contributed by atoms with Crippen LogP contribution in [0.25, 0.3) is 22.4 Å². The molecule has 0 spiro atoms. The van der Waals surface area contributed by atoms with Crippen molar-refractivity contribution in [3.8, 4) is 17.3 Å². The molecule has 0 radical (unpaired) electrons. The number of nitrogens with zero attached hydrogens (tertiary/aromatic N) is 3. The van der Waals surface area contributed by atoms with Crippen molar-refractivity contribution < 1.29 is 10.3 Å². The van der Waals surface area contributed by atoms with Gasteiger partial charge < -0.3 is 20.6 Å². The molecule has 2 heterocycles. The van der Waals surface area contributed by atoms with Gasteiger partial charge in [0.05, 0.1) is 11.1 Å². The van der Waals surface area contributed by atoms with Crippen LogP contribution in [0.4, 0.5) is 0 Å². The molecule has 0 aliphatic carbocycles. The number of hydrogen-bond acceptors (Lipinski definition) is 3. The van der Waals surface area contributed by atoms with Gasteiger partial charge in [-0.15, -0.1) is 0 Å². The van der Waals surface area contributed by atoms with Crippen LogP contribution in [0.15, 0.2) is 65.8 Å². The normalized spacial score (nSPS) is 12.0. The molecular weight excluding hydrogens is 340 g/mol. The maximum absolute atomic E-state index is 9.70. The molecule has 0 fully saturated rings. The van der Waals surface area contributed by atoms with Crippen LogP contribution in [-0.2, 0) is 0 Å². The van der Waals surface area contributed by atoms with Crippen molar-refractivity contribution in [3.63, 3.8) is 0 Å². The van der Waals surface area contributed by atoms with Gasteiger partial charge >= 0.3 is 0 Å². The minimum Gasteiger partial charge on any atom is -0.508 e. The first-order valence-electron chi connectivity index (χ1n) is 8.59. The Kier molecular flexibility index (Phi) is 3.88. The van der Waals surface area contributed by atoms with Crippen molar-refractivity contribution in [2.45, 2.75) is 13.8 Å². The fraction of sp³-hybridized carbons (Fsp3) is 0.0952. The summed E-state index contributed by atoms with van der Waals surface area (Å²) >= 11 is 0. The van der Waals surface area contributed by atoms with E-state index in [1.165, 1.54) is 0 Å². The van der Waals surface area contributed by atoms with Crippen molar-refractivity contribution in [1.82, 2.24) is 9.13 Å². The second-order valence-corrected chi connectivity index (χ2v) is 6.50. The first-order chi connectivity index (χ1) is 13.0. The summed E-state index contributed by atoms with van der Waals surface area (Å²) in [5.41, 5.74) is 10.6. The third-order valence-electron chi connectivity index (χ3n) is 4.80. The van der Waals surface area contributed by atoms with Crippen LogP contribution in [0.3, 0.4) is 0 Å². The van der Waals surface area contributed by atoms with E-state index in [1.54, 1.807) is 12.1 Å². The molecule has 0 atom stereocenters. The predicted molar refractivity (Wildman–Crippen MR) is 106 cm³/mol. The van der Waals surface area contributed by atoms with E-state index >= 15 is 0 Å². The molecule has 4 N–H and O–H groups in total. The molecule has 0 aliphatic heterocycles. The van der Waals surface area contributed by atoms with Gasteiger partial charge in [0.2, 0.25) is 0 Å². The Labute approximate surface area is 156 Å². The summed E-state index contributed by atoms with van der Waals surface area (Å²) in [6.07, 6.45) is 0. The van der Waals surface area contributed by atoms with Gasteiger partial charge in [0.25, 0.3) is 0 Å². The van der Waals surface area contributed by atoms with Crippen LogP contribution in [0.2, 0.25) is 0 Å². The molecule has 2 aromatic carbocycles. The topological polar surface area (TPSA) is 88.7 Å². The lowest BCUT2D eigenvalue weighted by Crippen LogP contribution is -2.18. The number of amidine groups is 1. The quantitative estimate of drug-likeness (QED) is 0.224. The fourth-order valence-corrected chi connectivity index (χ4v) is 3.61. The van der Waals surface area contributed by atoms with Gasteiger partial charge in [-0.1, -0.05) is 23.4 Å². The summed E-state index contributed by atoms with van der Waals surface area (Å²) in [4.78, 5) is 0. The molecule has 6 heteroatoms. The Hall–Kier alpha value is -3.67. The number of aromatic nitrogens is 2. The minimum atomic E-state index is 0.0474. The Bertz CT molecular complexity index is 1150. The molecule has 4 rings (SSSR count). The van der Waals surface area contributed by atoms with E-state index in [-0.39, 0.29) is 11.6 Å². The SMILES string of the molecule is Cc1ccc(C)n1-c1c(/C(N)=N/O)c2ccccc2n1-c1ccc(O)cc1. The molecular formula is C21H20N4O2. The van der Waals surface area contributed by atoms with Crippen LogP contribution in [0.5, 0.6) is 5.75 Å². The lowest BCUT2D eigenvalue weighted by Gasteiger charge is -2.17. The van der Waals surface area contributed by atoms with Gasteiger partial charge in [-0.05, 0) is 56.3 Å². The highest BCUT2D eigenvalue weighted by atomic mass is 16.4. The van der Waals surface area contributed by atoms with E-state index in [4.69, 9.17) is 5.73 Å². The van der Waals surface area contributed by atoms with Crippen LogP contribution in [0, 0.1) is 13.8 Å². The molecule has 2 aromatic heterocycles. The second kappa shape index (κ2) is 6.25. The number of oxime groups is 1. The van der Waals surface area contributed by atoms with Crippen molar-refractivity contribution in [3.05, 3.63) is 77.6 Å². The first kappa shape index (κ1) is 16.8. The van der Waals surface area contributed by atoms with Crippen molar-refractivity contribution in [2.75, 3.05) is 0 Å². The average molecular weight is 360 g/mol. The number of benzene rings is 2. The summed E-state index contributed by atoms with van der Waals surface area (Å²) in [5.74, 6) is 1.03. The Balaban J connectivity index is 2.22. The molecule has 27 heavy (non-hydrogen) atoms. The van der Waals surface area contributed by atoms with Gasteiger partial charge in [0, 0.05) is 22.5 Å². The van der Waals surface area contributed by atoms with E-state index in [1.807, 2.05) is 62.4 Å². The zero-order valence-electron chi connectivity index (χ0n) is 15.1. The van der Waals surface area contributed by atoms with Crippen molar-refractivity contribution in [2.24, 2.45) is 10.9 Å². The summed E-state index contributed by atoms with van der Waals surface area (Å²) in [7, 11) is 0. The highest BCUT2D eigenvalue weighted by Crippen LogP contribution is 2.34. The number of para-hydroxylation sites is 1. The highest BCUT2D eigenvalue weighted by Gasteiger charge is 2.24. The number of rotatable bonds is 3. The smallest absolute Gasteiger partial charge is 0.174 e. The molecule has 0 bridgehead atoms. The molecule has 0 saturated heterocycles. The summed E-state index contributed by atoms with van der Waals surface area (Å²) in [5, 5.41) is 23.3. The summed E-state index contributed by atoms with van der Waals surface area (Å²) in [6.45, 7) is 4.03. The predicted octanol–water partition coefficient (Wildman–Crippen LogP) is 3.84. The van der Waals surface area contributed by atoms with Crippen LogP contribution >= 0.6 is 0 Å². The zero-order valence-corrected chi connectivity index (χ0v) is 15.1. The molecule has 136 valence electrons. The third kappa shape index (κ3) is 2.54. The molecule has 0 saturated carbocycles. The Morgan fingerprint density at radius 3 is 2.15 bits per heavy atom. The number of aromatic hydroxyl groups is 1. The average Bonchev–Trinajstić information content (AvgIpc) is 3.18. The zero-order chi connectivity index (χ0) is 19.1.